The third-order valence-electron chi connectivity index (χ3n) is 6.49. The maximum absolute atomic E-state index is 12.5. The first-order chi connectivity index (χ1) is 13.5. The summed E-state index contributed by atoms with van der Waals surface area (Å²) in [6, 6.07) is 5.75. The highest BCUT2D eigenvalue weighted by Gasteiger charge is 2.38. The molecule has 1 N–H and O–H groups in total. The second kappa shape index (κ2) is 9.66. The van der Waals surface area contributed by atoms with E-state index < -0.39 is 0 Å². The van der Waals surface area contributed by atoms with Crippen LogP contribution in [0.25, 0.3) is 0 Å². The predicted octanol–water partition coefficient (Wildman–Crippen LogP) is 3.42. The van der Waals surface area contributed by atoms with Gasteiger partial charge in [0.15, 0.2) is 5.78 Å². The molecule has 1 aliphatic heterocycles. The minimum absolute atomic E-state index is 0.0182. The van der Waals surface area contributed by atoms with Gasteiger partial charge in [-0.25, -0.2) is 0 Å². The van der Waals surface area contributed by atoms with Crippen molar-refractivity contribution in [1.82, 2.24) is 10.2 Å². The number of benzene rings is 1. The standard InChI is InChI=1S/C23H34N2O3/c1-18-6-7-20(16-19(18)2)21(26)8-9-22(27)24-17-23(10-4-3-5-11-23)25-12-14-28-15-13-25/h6-7,16H,3-5,8-15,17H2,1-2H3,(H,24,27). The van der Waals surface area contributed by atoms with Gasteiger partial charge in [-0.3, -0.25) is 14.5 Å². The molecular formula is C23H34N2O3. The molecule has 1 amide bonds. The Hall–Kier alpha value is -1.72. The van der Waals surface area contributed by atoms with Crippen LogP contribution in [-0.4, -0.2) is 55.0 Å². The van der Waals surface area contributed by atoms with Gasteiger partial charge in [0.1, 0.15) is 0 Å². The Morgan fingerprint density at radius 3 is 2.43 bits per heavy atom. The van der Waals surface area contributed by atoms with Gasteiger partial charge in [0.25, 0.3) is 0 Å². The molecule has 2 fully saturated rings. The first-order valence-electron chi connectivity index (χ1n) is 10.7. The molecule has 3 rings (SSSR count). The summed E-state index contributed by atoms with van der Waals surface area (Å²) in [5.41, 5.74) is 3.05. The number of morpholine rings is 1. The summed E-state index contributed by atoms with van der Waals surface area (Å²) < 4.78 is 5.52. The van der Waals surface area contributed by atoms with Crippen molar-refractivity contribution in [3.05, 3.63) is 34.9 Å². The van der Waals surface area contributed by atoms with Gasteiger partial charge in [0.2, 0.25) is 5.91 Å². The Morgan fingerprint density at radius 1 is 1.04 bits per heavy atom. The summed E-state index contributed by atoms with van der Waals surface area (Å²) in [5.74, 6) is 0.0224. The summed E-state index contributed by atoms with van der Waals surface area (Å²) in [6.07, 6.45) is 6.51. The van der Waals surface area contributed by atoms with Crippen molar-refractivity contribution in [2.75, 3.05) is 32.8 Å². The second-order valence-corrected chi connectivity index (χ2v) is 8.38. The molecule has 1 aliphatic carbocycles. The van der Waals surface area contributed by atoms with Crippen molar-refractivity contribution < 1.29 is 14.3 Å². The van der Waals surface area contributed by atoms with Crippen LogP contribution >= 0.6 is 0 Å². The molecule has 1 heterocycles. The Balaban J connectivity index is 1.51. The molecule has 5 nitrogen and oxygen atoms in total. The SMILES string of the molecule is Cc1ccc(C(=O)CCC(=O)NCC2(N3CCOCC3)CCCCC2)cc1C. The van der Waals surface area contributed by atoms with Gasteiger partial charge in [-0.15, -0.1) is 0 Å². The third-order valence-corrected chi connectivity index (χ3v) is 6.49. The number of carbonyl (C=O) groups is 2. The normalized spacial score (nSPS) is 19.9. The number of rotatable bonds is 7. The monoisotopic (exact) mass is 386 g/mol. The molecule has 1 saturated heterocycles. The minimum atomic E-state index is -0.0182. The van der Waals surface area contributed by atoms with E-state index in [-0.39, 0.29) is 30.1 Å². The van der Waals surface area contributed by atoms with E-state index in [1.807, 2.05) is 32.0 Å². The largest absolute Gasteiger partial charge is 0.379 e. The molecule has 0 unspecified atom stereocenters. The lowest BCUT2D eigenvalue weighted by Crippen LogP contribution is -2.59. The van der Waals surface area contributed by atoms with Gasteiger partial charge in [-0.05, 0) is 43.9 Å². The van der Waals surface area contributed by atoms with Crippen LogP contribution in [0.2, 0.25) is 0 Å². The Morgan fingerprint density at radius 2 is 1.75 bits per heavy atom. The topological polar surface area (TPSA) is 58.6 Å². The molecule has 28 heavy (non-hydrogen) atoms. The molecule has 154 valence electrons. The Labute approximate surface area is 168 Å². The maximum Gasteiger partial charge on any atom is 0.220 e. The fourth-order valence-corrected chi connectivity index (χ4v) is 4.49. The number of nitrogens with zero attached hydrogens (tertiary/aromatic N) is 1. The highest BCUT2D eigenvalue weighted by atomic mass is 16.5. The Kier molecular flexibility index (Phi) is 7.24. The van der Waals surface area contributed by atoms with Crippen LogP contribution in [0.4, 0.5) is 0 Å². The molecular weight excluding hydrogens is 352 g/mol. The lowest BCUT2D eigenvalue weighted by Gasteiger charge is -2.48. The van der Waals surface area contributed by atoms with Crippen LogP contribution in [0.5, 0.6) is 0 Å². The number of hydrogen-bond acceptors (Lipinski definition) is 4. The number of ether oxygens (including phenoxy) is 1. The van der Waals surface area contributed by atoms with E-state index in [1.54, 1.807) is 0 Å². The molecule has 0 bridgehead atoms. The highest BCUT2D eigenvalue weighted by molar-refractivity contribution is 5.98. The van der Waals surface area contributed by atoms with Crippen molar-refractivity contribution in [3.8, 4) is 0 Å². The zero-order valence-electron chi connectivity index (χ0n) is 17.4. The zero-order valence-corrected chi connectivity index (χ0v) is 17.4. The lowest BCUT2D eigenvalue weighted by molar-refractivity contribution is -0.122. The molecule has 5 heteroatoms. The molecule has 1 aromatic carbocycles. The lowest BCUT2D eigenvalue weighted by atomic mass is 9.79. The fourth-order valence-electron chi connectivity index (χ4n) is 4.49. The van der Waals surface area contributed by atoms with Gasteiger partial charge < -0.3 is 10.1 Å². The van der Waals surface area contributed by atoms with Crippen molar-refractivity contribution in [3.63, 3.8) is 0 Å². The van der Waals surface area contributed by atoms with Gasteiger partial charge >= 0.3 is 0 Å². The van der Waals surface area contributed by atoms with E-state index in [9.17, 15) is 9.59 Å². The zero-order chi connectivity index (χ0) is 20.0. The first-order valence-corrected chi connectivity index (χ1v) is 10.7. The van der Waals surface area contributed by atoms with Gasteiger partial charge in [-0.2, -0.15) is 0 Å². The molecule has 1 saturated carbocycles. The van der Waals surface area contributed by atoms with Crippen LogP contribution < -0.4 is 5.32 Å². The van der Waals surface area contributed by atoms with Crippen LogP contribution in [0.15, 0.2) is 18.2 Å². The average Bonchev–Trinajstić information content (AvgIpc) is 2.73. The number of carbonyl (C=O) groups excluding carboxylic acids is 2. The average molecular weight is 387 g/mol. The van der Waals surface area contributed by atoms with E-state index in [0.29, 0.717) is 12.1 Å². The smallest absolute Gasteiger partial charge is 0.220 e. The highest BCUT2D eigenvalue weighted by Crippen LogP contribution is 2.33. The van der Waals surface area contributed by atoms with E-state index in [4.69, 9.17) is 4.74 Å². The molecule has 0 aromatic heterocycles. The molecule has 0 atom stereocenters. The van der Waals surface area contributed by atoms with Crippen LogP contribution in [0.1, 0.15) is 66.4 Å². The van der Waals surface area contributed by atoms with Crippen molar-refractivity contribution in [2.45, 2.75) is 64.3 Å². The fraction of sp³-hybridized carbons (Fsp3) is 0.652. The predicted molar refractivity (Wildman–Crippen MR) is 111 cm³/mol. The number of ketones is 1. The summed E-state index contributed by atoms with van der Waals surface area (Å²) in [6.45, 7) is 8.17. The second-order valence-electron chi connectivity index (χ2n) is 8.38. The van der Waals surface area contributed by atoms with Gasteiger partial charge in [-0.1, -0.05) is 31.4 Å². The van der Waals surface area contributed by atoms with Crippen LogP contribution in [0, 0.1) is 13.8 Å². The number of aryl methyl sites for hydroxylation is 2. The minimum Gasteiger partial charge on any atom is -0.379 e. The summed E-state index contributed by atoms with van der Waals surface area (Å²) >= 11 is 0. The quantitative estimate of drug-likeness (QED) is 0.730. The van der Waals surface area contributed by atoms with E-state index in [2.05, 4.69) is 10.2 Å². The van der Waals surface area contributed by atoms with Crippen molar-refractivity contribution in [2.24, 2.45) is 0 Å². The van der Waals surface area contributed by atoms with Crippen molar-refractivity contribution in [1.29, 1.82) is 0 Å². The maximum atomic E-state index is 12.5. The third kappa shape index (κ3) is 5.21. The molecule has 0 radical (unpaired) electrons. The van der Waals surface area contributed by atoms with E-state index in [0.717, 1.165) is 44.7 Å². The van der Waals surface area contributed by atoms with Gasteiger partial charge in [0.05, 0.1) is 13.2 Å². The molecule has 1 aromatic rings. The Bertz CT molecular complexity index is 689. The van der Waals surface area contributed by atoms with Crippen LogP contribution in [0.3, 0.4) is 0 Å². The number of Topliss-reactive ketones (excluding diaryl/α,β-unsaturated/α-hetero) is 1. The first kappa shape index (κ1) is 21.0. The number of amides is 1. The summed E-state index contributed by atoms with van der Waals surface area (Å²) in [5, 5.41) is 3.14. The van der Waals surface area contributed by atoms with Gasteiger partial charge in [0, 0.05) is 43.6 Å². The van der Waals surface area contributed by atoms with Crippen molar-refractivity contribution >= 4 is 11.7 Å². The van der Waals surface area contributed by atoms with Crippen LogP contribution in [-0.2, 0) is 9.53 Å². The molecule has 2 aliphatic rings. The summed E-state index contributed by atoms with van der Waals surface area (Å²) in [7, 11) is 0. The summed E-state index contributed by atoms with van der Waals surface area (Å²) in [4.78, 5) is 27.4. The number of nitrogens with one attached hydrogen (secondary N) is 1. The number of hydrogen-bond donors (Lipinski definition) is 1. The van der Waals surface area contributed by atoms with E-state index in [1.165, 1.54) is 24.8 Å². The van der Waals surface area contributed by atoms with E-state index >= 15 is 0 Å². The molecule has 0 spiro atoms.